The number of nitrogens with zero attached hydrogens (tertiary/aromatic N) is 2. The van der Waals surface area contributed by atoms with E-state index in [1.54, 1.807) is 12.4 Å². The van der Waals surface area contributed by atoms with Crippen LogP contribution >= 0.6 is 0 Å². The topological polar surface area (TPSA) is 51.5 Å². The first-order valence-electron chi connectivity index (χ1n) is 8.06. The maximum absolute atomic E-state index is 12.4. The van der Waals surface area contributed by atoms with Crippen LogP contribution in [0.5, 0.6) is 0 Å². The van der Waals surface area contributed by atoms with Crippen LogP contribution in [0, 0.1) is 0 Å². The van der Waals surface area contributed by atoms with E-state index in [0.29, 0.717) is 6.42 Å². The van der Waals surface area contributed by atoms with Gasteiger partial charge in [0.05, 0.1) is 11.5 Å². The molecule has 0 aliphatic carbocycles. The van der Waals surface area contributed by atoms with Gasteiger partial charge in [0.25, 0.3) is 5.91 Å². The Balaban J connectivity index is 1.77. The summed E-state index contributed by atoms with van der Waals surface area (Å²) in [6.45, 7) is 0.800. The summed E-state index contributed by atoms with van der Waals surface area (Å²) in [7, 11) is 0. The second-order valence-electron chi connectivity index (χ2n) is 6.08. The molecule has 3 heterocycles. The Bertz CT molecular complexity index is 853. The number of pyridine rings is 1. The van der Waals surface area contributed by atoms with Crippen molar-refractivity contribution in [2.45, 2.75) is 31.8 Å². The number of carbonyl (C=O) groups excluding carboxylic acids is 1. The normalized spacial score (nSPS) is 19.7. The molecule has 1 fully saturated rings. The molecule has 23 heavy (non-hydrogen) atoms. The average molecular weight is 306 g/mol. The molecule has 1 aromatic carbocycles. The quantitative estimate of drug-likeness (QED) is 0.861. The van der Waals surface area contributed by atoms with Gasteiger partial charge in [0, 0.05) is 36.2 Å². The van der Waals surface area contributed by atoms with Crippen LogP contribution in [0.1, 0.15) is 30.4 Å². The number of hydrogen-bond donors (Lipinski definition) is 0. The molecule has 4 nitrogen and oxygen atoms in total. The van der Waals surface area contributed by atoms with Crippen molar-refractivity contribution in [1.29, 1.82) is 0 Å². The molecule has 1 saturated heterocycles. The molecule has 4 heteroatoms. The molecule has 2 aliphatic rings. The number of amides is 1. The summed E-state index contributed by atoms with van der Waals surface area (Å²) >= 11 is 0. The Labute approximate surface area is 134 Å². The third-order valence-corrected chi connectivity index (χ3v) is 4.51. The molecule has 116 valence electrons. The van der Waals surface area contributed by atoms with Crippen LogP contribution in [0.15, 0.2) is 47.7 Å². The zero-order chi connectivity index (χ0) is 15.6. The number of hydrogen-bond acceptors (Lipinski definition) is 3. The van der Waals surface area contributed by atoms with Gasteiger partial charge in [-0.3, -0.25) is 9.78 Å². The van der Waals surface area contributed by atoms with Gasteiger partial charge in [-0.05, 0) is 48.6 Å². The fourth-order valence-corrected chi connectivity index (χ4v) is 3.40. The Morgan fingerprint density at radius 2 is 2.04 bits per heavy atom. The van der Waals surface area contributed by atoms with Gasteiger partial charge in [-0.1, -0.05) is 12.1 Å². The number of benzene rings is 1. The zero-order valence-electron chi connectivity index (χ0n) is 12.9. The predicted octanol–water partition coefficient (Wildman–Crippen LogP) is 1.55. The fraction of sp³-hybridized carbons (Fsp3) is 0.316. The van der Waals surface area contributed by atoms with Gasteiger partial charge < -0.3 is 4.74 Å². The minimum Gasteiger partial charge on any atom is -0.378 e. The molecule has 2 aliphatic heterocycles. The van der Waals surface area contributed by atoms with E-state index in [9.17, 15) is 4.79 Å². The van der Waals surface area contributed by atoms with Crippen molar-refractivity contribution >= 4 is 11.5 Å². The van der Waals surface area contributed by atoms with E-state index < -0.39 is 0 Å². The van der Waals surface area contributed by atoms with E-state index in [-0.39, 0.29) is 12.0 Å². The maximum Gasteiger partial charge on any atom is 0.274 e. The van der Waals surface area contributed by atoms with Crippen molar-refractivity contribution in [3.63, 3.8) is 0 Å². The molecule has 1 atom stereocenters. The Kier molecular flexibility index (Phi) is 3.75. The van der Waals surface area contributed by atoms with E-state index in [4.69, 9.17) is 4.74 Å². The van der Waals surface area contributed by atoms with Gasteiger partial charge in [0.2, 0.25) is 0 Å². The summed E-state index contributed by atoms with van der Waals surface area (Å²) in [5.74, 6) is -0.0994. The molecule has 0 N–H and O–H groups in total. The van der Waals surface area contributed by atoms with E-state index in [1.165, 1.54) is 5.56 Å². The van der Waals surface area contributed by atoms with Crippen LogP contribution in [-0.4, -0.2) is 23.6 Å². The average Bonchev–Trinajstić information content (AvgIpc) is 3.18. The van der Waals surface area contributed by atoms with Gasteiger partial charge in [-0.15, -0.1) is 0 Å². The first-order valence-corrected chi connectivity index (χ1v) is 8.06. The highest BCUT2D eigenvalue weighted by Gasteiger charge is 2.24. The zero-order valence-corrected chi connectivity index (χ0v) is 12.9. The van der Waals surface area contributed by atoms with E-state index in [0.717, 1.165) is 47.6 Å². The highest BCUT2D eigenvalue weighted by Crippen LogP contribution is 2.21. The standard InChI is InChI=1S/C19H18N2O2/c22-19-16(12-15-4-2-10-23-15)18-14(3-1-5-17(18)21-19)11-13-6-8-20-9-7-13/h1,3,5-9,15H,2,4,10-12H2. The minimum absolute atomic E-state index is 0.0994. The number of rotatable bonds is 4. The predicted molar refractivity (Wildman–Crippen MR) is 86.3 cm³/mol. The molecule has 0 saturated carbocycles. The second kappa shape index (κ2) is 6.05. The number of carbonyl (C=O) groups is 1. The third-order valence-electron chi connectivity index (χ3n) is 4.51. The highest BCUT2D eigenvalue weighted by atomic mass is 16.5. The number of fused-ring (bicyclic) bond motifs is 1. The molecule has 1 aromatic heterocycles. The second-order valence-corrected chi connectivity index (χ2v) is 6.08. The molecule has 1 unspecified atom stereocenters. The summed E-state index contributed by atoms with van der Waals surface area (Å²) in [5, 5.41) is 1.82. The third kappa shape index (κ3) is 2.82. The van der Waals surface area contributed by atoms with Crippen LogP contribution in [0.25, 0.3) is 5.57 Å². The summed E-state index contributed by atoms with van der Waals surface area (Å²) in [6.07, 6.45) is 7.31. The van der Waals surface area contributed by atoms with Gasteiger partial charge in [-0.2, -0.15) is 0 Å². The van der Waals surface area contributed by atoms with Crippen molar-refractivity contribution < 1.29 is 9.53 Å². The lowest BCUT2D eigenvalue weighted by Crippen LogP contribution is -2.28. The molecular formula is C19H18N2O2. The van der Waals surface area contributed by atoms with Crippen molar-refractivity contribution in [2.24, 2.45) is 4.99 Å². The monoisotopic (exact) mass is 306 g/mol. The summed E-state index contributed by atoms with van der Waals surface area (Å²) in [5.41, 5.74) is 3.15. The van der Waals surface area contributed by atoms with E-state index in [1.807, 2.05) is 24.3 Å². The van der Waals surface area contributed by atoms with Crippen LogP contribution < -0.4 is 10.6 Å². The van der Waals surface area contributed by atoms with Crippen molar-refractivity contribution in [3.8, 4) is 0 Å². The number of aromatic nitrogens is 1. The molecule has 1 amide bonds. The molecule has 0 radical (unpaired) electrons. The lowest BCUT2D eigenvalue weighted by Gasteiger charge is -2.10. The molecule has 0 spiro atoms. The Morgan fingerprint density at radius 1 is 1.17 bits per heavy atom. The fourth-order valence-electron chi connectivity index (χ4n) is 3.40. The number of ether oxygens (including phenoxy) is 1. The van der Waals surface area contributed by atoms with Gasteiger partial charge in [0.1, 0.15) is 0 Å². The van der Waals surface area contributed by atoms with Crippen molar-refractivity contribution in [2.75, 3.05) is 6.61 Å². The van der Waals surface area contributed by atoms with Crippen LogP contribution in [0.2, 0.25) is 0 Å². The first kappa shape index (κ1) is 14.3. The van der Waals surface area contributed by atoms with Crippen LogP contribution in [0.3, 0.4) is 0 Å². The maximum atomic E-state index is 12.4. The molecular weight excluding hydrogens is 288 g/mol. The van der Waals surface area contributed by atoms with E-state index in [2.05, 4.69) is 16.0 Å². The SMILES string of the molecule is O=C1N=c2cccc(Cc3ccncc3)c2=C1CC1CCCO1. The highest BCUT2D eigenvalue weighted by molar-refractivity contribution is 6.15. The van der Waals surface area contributed by atoms with Crippen molar-refractivity contribution in [1.82, 2.24) is 4.98 Å². The summed E-state index contributed by atoms with van der Waals surface area (Å²) in [4.78, 5) is 20.6. The minimum atomic E-state index is -0.0994. The largest absolute Gasteiger partial charge is 0.378 e. The van der Waals surface area contributed by atoms with Gasteiger partial charge in [-0.25, -0.2) is 4.99 Å². The Hall–Kier alpha value is -2.33. The van der Waals surface area contributed by atoms with Gasteiger partial charge in [0.15, 0.2) is 0 Å². The smallest absolute Gasteiger partial charge is 0.274 e. The first-order chi connectivity index (χ1) is 11.3. The van der Waals surface area contributed by atoms with Crippen LogP contribution in [-0.2, 0) is 16.0 Å². The van der Waals surface area contributed by atoms with Crippen LogP contribution in [0.4, 0.5) is 0 Å². The van der Waals surface area contributed by atoms with E-state index >= 15 is 0 Å². The summed E-state index contributed by atoms with van der Waals surface area (Å²) in [6, 6.07) is 10.00. The molecule has 4 rings (SSSR count). The lowest BCUT2D eigenvalue weighted by molar-refractivity contribution is -0.113. The van der Waals surface area contributed by atoms with Gasteiger partial charge >= 0.3 is 0 Å². The molecule has 2 aromatic rings. The molecule has 0 bridgehead atoms. The van der Waals surface area contributed by atoms with Crippen molar-refractivity contribution in [3.05, 3.63) is 64.4 Å². The summed E-state index contributed by atoms with van der Waals surface area (Å²) < 4.78 is 5.71. The Morgan fingerprint density at radius 3 is 2.83 bits per heavy atom. The lowest BCUT2D eigenvalue weighted by atomic mass is 9.98.